The molecule has 1 saturated heterocycles. The van der Waals surface area contributed by atoms with E-state index in [1.807, 2.05) is 6.07 Å². The van der Waals surface area contributed by atoms with Crippen LogP contribution in [-0.4, -0.2) is 47.9 Å². The van der Waals surface area contributed by atoms with Crippen LogP contribution in [0.15, 0.2) is 29.5 Å². The molecular weight excluding hydrogens is 300 g/mol. The molecule has 122 valence electrons. The minimum atomic E-state index is -0.318. The lowest BCUT2D eigenvalue weighted by atomic mass is 10.0. The van der Waals surface area contributed by atoms with Crippen LogP contribution in [0.25, 0.3) is 0 Å². The van der Waals surface area contributed by atoms with Gasteiger partial charge in [0.05, 0.1) is 12.6 Å². The van der Waals surface area contributed by atoms with Crippen molar-refractivity contribution >= 4 is 17.5 Å². The molecule has 2 amide bonds. The molecule has 0 saturated carbocycles. The molecule has 1 aromatic heterocycles. The molecule has 8 nitrogen and oxygen atoms in total. The predicted octanol–water partition coefficient (Wildman–Crippen LogP) is 0.0001000. The first-order valence-corrected chi connectivity index (χ1v) is 7.54. The molecule has 3 heterocycles. The van der Waals surface area contributed by atoms with Gasteiger partial charge in [0.15, 0.2) is 0 Å². The summed E-state index contributed by atoms with van der Waals surface area (Å²) in [7, 11) is 0. The second-order valence-electron chi connectivity index (χ2n) is 5.36. The van der Waals surface area contributed by atoms with E-state index in [2.05, 4.69) is 20.8 Å². The highest BCUT2D eigenvalue weighted by molar-refractivity contribution is 6.39. The summed E-state index contributed by atoms with van der Waals surface area (Å²) in [5.41, 5.74) is 2.65. The van der Waals surface area contributed by atoms with E-state index >= 15 is 0 Å². The third kappa shape index (κ3) is 4.04. The Morgan fingerprint density at radius 1 is 1.39 bits per heavy atom. The highest BCUT2D eigenvalue weighted by Gasteiger charge is 2.31. The van der Waals surface area contributed by atoms with Gasteiger partial charge in [-0.2, -0.15) is 5.10 Å². The van der Waals surface area contributed by atoms with Gasteiger partial charge in [0, 0.05) is 31.7 Å². The fourth-order valence-electron chi connectivity index (χ4n) is 2.45. The van der Waals surface area contributed by atoms with Crippen LogP contribution in [0.2, 0.25) is 0 Å². The third-order valence-electron chi connectivity index (χ3n) is 3.70. The van der Waals surface area contributed by atoms with Crippen molar-refractivity contribution in [2.45, 2.75) is 31.4 Å². The first-order chi connectivity index (χ1) is 11.2. The van der Waals surface area contributed by atoms with Crippen molar-refractivity contribution in [1.82, 2.24) is 15.7 Å². The van der Waals surface area contributed by atoms with Crippen LogP contribution in [0.3, 0.4) is 0 Å². The van der Waals surface area contributed by atoms with Crippen LogP contribution in [0.5, 0.6) is 5.88 Å². The number of rotatable bonds is 4. The van der Waals surface area contributed by atoms with Gasteiger partial charge >= 0.3 is 0 Å². The number of nitrogens with zero attached hydrogens (tertiary/aromatic N) is 2. The third-order valence-corrected chi connectivity index (χ3v) is 3.70. The molecule has 23 heavy (non-hydrogen) atoms. The van der Waals surface area contributed by atoms with Crippen LogP contribution in [0, 0.1) is 0 Å². The van der Waals surface area contributed by atoms with Crippen molar-refractivity contribution in [3.05, 3.63) is 24.4 Å². The lowest BCUT2D eigenvalue weighted by molar-refractivity contribution is -0.121. The van der Waals surface area contributed by atoms with Crippen LogP contribution in [0.4, 0.5) is 0 Å². The molecule has 1 aromatic rings. The zero-order valence-corrected chi connectivity index (χ0v) is 12.5. The van der Waals surface area contributed by atoms with Gasteiger partial charge in [0.2, 0.25) is 11.8 Å². The number of aromatic nitrogens is 1. The molecule has 8 heteroatoms. The van der Waals surface area contributed by atoms with Crippen molar-refractivity contribution in [2.24, 2.45) is 5.10 Å². The zero-order valence-electron chi connectivity index (χ0n) is 12.5. The molecule has 0 spiro atoms. The van der Waals surface area contributed by atoms with E-state index in [4.69, 9.17) is 9.47 Å². The van der Waals surface area contributed by atoms with E-state index in [1.165, 1.54) is 0 Å². The monoisotopic (exact) mass is 318 g/mol. The Morgan fingerprint density at radius 2 is 2.30 bits per heavy atom. The number of amides is 2. The smallest absolute Gasteiger partial charge is 0.267 e. The largest absolute Gasteiger partial charge is 0.470 e. The summed E-state index contributed by atoms with van der Waals surface area (Å²) < 4.78 is 11.2. The second kappa shape index (κ2) is 7.19. The maximum Gasteiger partial charge on any atom is 0.267 e. The fourth-order valence-corrected chi connectivity index (χ4v) is 2.45. The van der Waals surface area contributed by atoms with Crippen molar-refractivity contribution in [3.8, 4) is 5.88 Å². The SMILES string of the molecule is O=C1CCC(C(=O)N[C@@H]2CCOC[C@H]2Oc2ccccn2)=NN1. The maximum atomic E-state index is 12.3. The number of ether oxygens (including phenoxy) is 2. The highest BCUT2D eigenvalue weighted by Crippen LogP contribution is 2.15. The minimum Gasteiger partial charge on any atom is -0.470 e. The minimum absolute atomic E-state index is 0.177. The lowest BCUT2D eigenvalue weighted by Gasteiger charge is -2.32. The number of hydrogen-bond donors (Lipinski definition) is 2. The van der Waals surface area contributed by atoms with Gasteiger partial charge in [-0.1, -0.05) is 6.07 Å². The number of nitrogens with one attached hydrogen (secondary N) is 2. The Morgan fingerprint density at radius 3 is 3.04 bits per heavy atom. The summed E-state index contributed by atoms with van der Waals surface area (Å²) in [5, 5.41) is 6.73. The summed E-state index contributed by atoms with van der Waals surface area (Å²) in [4.78, 5) is 27.5. The molecule has 1 fully saturated rings. The van der Waals surface area contributed by atoms with Gasteiger partial charge in [-0.3, -0.25) is 9.59 Å². The van der Waals surface area contributed by atoms with Gasteiger partial charge < -0.3 is 14.8 Å². The average Bonchev–Trinajstić information content (AvgIpc) is 2.58. The van der Waals surface area contributed by atoms with E-state index in [0.717, 1.165) is 0 Å². The van der Waals surface area contributed by atoms with Crippen LogP contribution < -0.4 is 15.5 Å². The summed E-state index contributed by atoms with van der Waals surface area (Å²) >= 11 is 0. The van der Waals surface area contributed by atoms with Crippen LogP contribution in [0.1, 0.15) is 19.3 Å². The number of pyridine rings is 1. The molecular formula is C15H18N4O4. The normalized spacial score (nSPS) is 24.3. The predicted molar refractivity (Wildman–Crippen MR) is 80.8 cm³/mol. The summed E-state index contributed by atoms with van der Waals surface area (Å²) in [5.74, 6) is 0.0278. The van der Waals surface area contributed by atoms with E-state index < -0.39 is 0 Å². The van der Waals surface area contributed by atoms with Crippen molar-refractivity contribution in [2.75, 3.05) is 13.2 Å². The van der Waals surface area contributed by atoms with E-state index in [9.17, 15) is 9.59 Å². The Kier molecular flexibility index (Phi) is 4.82. The first kappa shape index (κ1) is 15.4. The Hall–Kier alpha value is -2.48. The maximum absolute atomic E-state index is 12.3. The summed E-state index contributed by atoms with van der Waals surface area (Å²) in [6.45, 7) is 0.932. The first-order valence-electron chi connectivity index (χ1n) is 7.54. The van der Waals surface area contributed by atoms with Gasteiger partial charge in [-0.15, -0.1) is 0 Å². The highest BCUT2D eigenvalue weighted by atomic mass is 16.5. The molecule has 0 radical (unpaired) electrons. The van der Waals surface area contributed by atoms with Crippen LogP contribution >= 0.6 is 0 Å². The topological polar surface area (TPSA) is 102 Å². The van der Waals surface area contributed by atoms with E-state index in [1.54, 1.807) is 18.3 Å². The summed E-state index contributed by atoms with van der Waals surface area (Å²) in [6, 6.07) is 5.20. The Bertz CT molecular complexity index is 605. The van der Waals surface area contributed by atoms with Gasteiger partial charge in [-0.05, 0) is 12.5 Å². The van der Waals surface area contributed by atoms with E-state index in [0.29, 0.717) is 37.6 Å². The number of hydrogen-bond acceptors (Lipinski definition) is 6. The number of carbonyl (C=O) groups is 2. The average molecular weight is 318 g/mol. The second-order valence-corrected chi connectivity index (χ2v) is 5.36. The van der Waals surface area contributed by atoms with Gasteiger partial charge in [0.25, 0.3) is 5.91 Å². The molecule has 0 aromatic carbocycles. The molecule has 2 N–H and O–H groups in total. The summed E-state index contributed by atoms with van der Waals surface area (Å²) in [6.07, 6.45) is 2.58. The van der Waals surface area contributed by atoms with Crippen molar-refractivity contribution < 1.29 is 19.1 Å². The molecule has 3 rings (SSSR count). The quantitative estimate of drug-likeness (QED) is 0.813. The molecule has 2 atom stereocenters. The standard InChI is InChI=1S/C15H18N4O4/c20-13-5-4-11(18-19-13)15(21)17-10-6-8-22-9-12(10)23-14-3-1-2-7-16-14/h1-3,7,10,12H,4-6,8-9H2,(H,17,21)(H,19,20)/t10-,12-/m1/s1. The molecule has 0 unspecified atom stereocenters. The molecule has 0 bridgehead atoms. The molecule has 0 aliphatic carbocycles. The van der Waals surface area contributed by atoms with Crippen LogP contribution in [-0.2, 0) is 14.3 Å². The van der Waals surface area contributed by atoms with Crippen molar-refractivity contribution in [3.63, 3.8) is 0 Å². The van der Waals surface area contributed by atoms with Crippen molar-refractivity contribution in [1.29, 1.82) is 0 Å². The Labute approximate surface area is 133 Å². The van der Waals surface area contributed by atoms with Gasteiger partial charge in [0.1, 0.15) is 11.8 Å². The molecule has 2 aliphatic heterocycles. The van der Waals surface area contributed by atoms with Gasteiger partial charge in [-0.25, -0.2) is 10.4 Å². The number of hydrazone groups is 1. The lowest BCUT2D eigenvalue weighted by Crippen LogP contribution is -2.53. The fraction of sp³-hybridized carbons (Fsp3) is 0.467. The molecule has 2 aliphatic rings. The zero-order chi connectivity index (χ0) is 16.1. The number of carbonyl (C=O) groups excluding carboxylic acids is 2. The van der Waals surface area contributed by atoms with E-state index in [-0.39, 0.29) is 30.4 Å². The Balaban J connectivity index is 1.62.